The van der Waals surface area contributed by atoms with Crippen LogP contribution in [0.15, 0.2) is 66.8 Å². The molecular weight excluding hydrogens is 418 g/mol. The Morgan fingerprint density at radius 3 is 2.21 bits per heavy atom. The van der Waals surface area contributed by atoms with E-state index in [1.54, 1.807) is 0 Å². The van der Waals surface area contributed by atoms with E-state index < -0.39 is 12.0 Å². The van der Waals surface area contributed by atoms with Crippen LogP contribution in [0.5, 0.6) is 0 Å². The fraction of sp³-hybridized carbons (Fsp3) is 0.516. The van der Waals surface area contributed by atoms with Crippen molar-refractivity contribution in [3.05, 3.63) is 72.3 Å². The van der Waals surface area contributed by atoms with Crippen molar-refractivity contribution >= 4 is 16.7 Å². The maximum absolute atomic E-state index is 11.8. The Balaban J connectivity index is 1.51. The number of aliphatic carboxylic acids is 1. The quantitative estimate of drug-likeness (QED) is 0.163. The molecule has 0 amide bonds. The van der Waals surface area contributed by atoms with E-state index in [1.807, 2.05) is 24.3 Å². The normalized spacial score (nSPS) is 12.7. The van der Waals surface area contributed by atoms with Gasteiger partial charge in [0.15, 0.2) is 0 Å². The molecule has 2 N–H and O–H groups in total. The fourth-order valence-electron chi connectivity index (χ4n) is 4.33. The van der Waals surface area contributed by atoms with E-state index in [0.29, 0.717) is 6.42 Å². The van der Waals surface area contributed by atoms with Crippen LogP contribution in [0.3, 0.4) is 0 Å². The number of fused-ring (bicyclic) bond motifs is 1. The molecule has 0 saturated carbocycles. The topological polar surface area (TPSA) is 49.3 Å². The zero-order valence-corrected chi connectivity index (χ0v) is 21.2. The Morgan fingerprint density at radius 2 is 1.47 bits per heavy atom. The smallest absolute Gasteiger partial charge is 0.321 e. The first-order chi connectivity index (χ1) is 16.7. The van der Waals surface area contributed by atoms with Crippen molar-refractivity contribution < 1.29 is 9.90 Å². The maximum Gasteiger partial charge on any atom is 0.321 e. The monoisotopic (exact) mass is 463 g/mol. The molecule has 0 aliphatic carbocycles. The summed E-state index contributed by atoms with van der Waals surface area (Å²) in [5, 5.41) is 15.2. The van der Waals surface area contributed by atoms with Crippen LogP contribution in [0.4, 0.5) is 0 Å². The molecule has 3 nitrogen and oxygen atoms in total. The van der Waals surface area contributed by atoms with E-state index in [4.69, 9.17) is 0 Å². The third-order valence-corrected chi connectivity index (χ3v) is 6.37. The lowest BCUT2D eigenvalue weighted by Gasteiger charge is -2.16. The summed E-state index contributed by atoms with van der Waals surface area (Å²) in [6.07, 6.45) is 24.4. The SMILES string of the molecule is CCCCCC=CCC=CCCCCCCCCN[C@@H](Cc1cccc2ccccc12)C(=O)O. The molecule has 2 aromatic rings. The molecule has 0 saturated heterocycles. The molecule has 1 atom stereocenters. The number of hydrogen-bond acceptors (Lipinski definition) is 2. The first-order valence-electron chi connectivity index (χ1n) is 13.4. The zero-order chi connectivity index (χ0) is 24.3. The second-order valence-electron chi connectivity index (χ2n) is 9.27. The molecule has 3 heteroatoms. The summed E-state index contributed by atoms with van der Waals surface area (Å²) in [5.41, 5.74) is 1.09. The van der Waals surface area contributed by atoms with E-state index in [9.17, 15) is 9.90 Å². The van der Waals surface area contributed by atoms with E-state index in [1.165, 1.54) is 57.8 Å². The predicted molar refractivity (Wildman–Crippen MR) is 146 cm³/mol. The van der Waals surface area contributed by atoms with Crippen molar-refractivity contribution in [1.82, 2.24) is 5.32 Å². The molecule has 2 rings (SSSR count). The van der Waals surface area contributed by atoms with Crippen LogP contribution in [0.25, 0.3) is 10.8 Å². The lowest BCUT2D eigenvalue weighted by Crippen LogP contribution is -2.39. The van der Waals surface area contributed by atoms with Crippen LogP contribution in [-0.2, 0) is 11.2 Å². The van der Waals surface area contributed by atoms with Crippen molar-refractivity contribution in [2.45, 2.75) is 96.4 Å². The van der Waals surface area contributed by atoms with Crippen LogP contribution >= 0.6 is 0 Å². The summed E-state index contributed by atoms with van der Waals surface area (Å²) >= 11 is 0. The first-order valence-corrected chi connectivity index (χ1v) is 13.4. The lowest BCUT2D eigenvalue weighted by atomic mass is 9.98. The van der Waals surface area contributed by atoms with Gasteiger partial charge in [-0.3, -0.25) is 4.79 Å². The standard InChI is InChI=1S/C31H45NO2/c1-2-3-4-5-6-7-8-9-10-11-12-13-14-15-16-19-25-32-30(31(33)34)26-28-23-20-22-27-21-17-18-24-29(27)28/h6-7,9-10,17-18,20-24,30,32H,2-5,8,11-16,19,25-26H2,1H3,(H,33,34)/t30-/m0/s1. The van der Waals surface area contributed by atoms with Gasteiger partial charge >= 0.3 is 5.97 Å². The van der Waals surface area contributed by atoms with Gasteiger partial charge in [0.1, 0.15) is 6.04 Å². The summed E-state index contributed by atoms with van der Waals surface area (Å²) in [6.45, 7) is 3.01. The highest BCUT2D eigenvalue weighted by atomic mass is 16.4. The Bertz CT molecular complexity index is 865. The second kappa shape index (κ2) is 18.0. The van der Waals surface area contributed by atoms with Crippen LogP contribution in [0, 0.1) is 0 Å². The van der Waals surface area contributed by atoms with Gasteiger partial charge in [-0.25, -0.2) is 0 Å². The Labute approximate surface area is 207 Å². The van der Waals surface area contributed by atoms with Gasteiger partial charge in [-0.05, 0) is 67.8 Å². The van der Waals surface area contributed by atoms with Crippen LogP contribution in [0.2, 0.25) is 0 Å². The molecule has 0 heterocycles. The third-order valence-electron chi connectivity index (χ3n) is 6.37. The summed E-state index contributed by atoms with van der Waals surface area (Å²) in [7, 11) is 0. The van der Waals surface area contributed by atoms with E-state index in [0.717, 1.165) is 42.1 Å². The minimum atomic E-state index is -0.770. The second-order valence-corrected chi connectivity index (χ2v) is 9.27. The highest BCUT2D eigenvalue weighted by molar-refractivity contribution is 5.86. The fourth-order valence-corrected chi connectivity index (χ4v) is 4.33. The van der Waals surface area contributed by atoms with Crippen molar-refractivity contribution in [2.24, 2.45) is 0 Å². The van der Waals surface area contributed by atoms with Gasteiger partial charge in [0.25, 0.3) is 0 Å². The van der Waals surface area contributed by atoms with Crippen LogP contribution in [-0.4, -0.2) is 23.7 Å². The Morgan fingerprint density at radius 1 is 0.824 bits per heavy atom. The van der Waals surface area contributed by atoms with Crippen molar-refractivity contribution in [3.8, 4) is 0 Å². The Hall–Kier alpha value is -2.39. The minimum absolute atomic E-state index is 0.513. The zero-order valence-electron chi connectivity index (χ0n) is 21.2. The number of carboxylic acid groups (broad SMARTS) is 1. The molecule has 0 spiro atoms. The number of carbonyl (C=O) groups is 1. The molecule has 0 unspecified atom stereocenters. The van der Waals surface area contributed by atoms with E-state index >= 15 is 0 Å². The van der Waals surface area contributed by atoms with Crippen LogP contribution < -0.4 is 5.32 Å². The van der Waals surface area contributed by atoms with E-state index in [-0.39, 0.29) is 0 Å². The highest BCUT2D eigenvalue weighted by Gasteiger charge is 2.18. The van der Waals surface area contributed by atoms with Crippen molar-refractivity contribution in [3.63, 3.8) is 0 Å². The average Bonchev–Trinajstić information content (AvgIpc) is 2.85. The molecule has 0 aromatic heterocycles. The third kappa shape index (κ3) is 11.7. The van der Waals surface area contributed by atoms with Gasteiger partial charge in [-0.1, -0.05) is 112 Å². The molecule has 2 aromatic carbocycles. The number of carboxylic acids is 1. The van der Waals surface area contributed by atoms with Gasteiger partial charge in [-0.15, -0.1) is 0 Å². The molecule has 0 aliphatic heterocycles. The number of benzene rings is 2. The lowest BCUT2D eigenvalue weighted by molar-refractivity contribution is -0.139. The molecule has 0 radical (unpaired) electrons. The van der Waals surface area contributed by atoms with Gasteiger partial charge in [0.2, 0.25) is 0 Å². The maximum atomic E-state index is 11.8. The van der Waals surface area contributed by atoms with Gasteiger partial charge < -0.3 is 10.4 Å². The number of unbranched alkanes of at least 4 members (excludes halogenated alkanes) is 9. The van der Waals surface area contributed by atoms with E-state index in [2.05, 4.69) is 54.7 Å². The molecule has 34 heavy (non-hydrogen) atoms. The predicted octanol–water partition coefficient (Wildman–Crippen LogP) is 8.24. The van der Waals surface area contributed by atoms with Gasteiger partial charge in [0.05, 0.1) is 0 Å². The van der Waals surface area contributed by atoms with Crippen molar-refractivity contribution in [1.29, 1.82) is 0 Å². The average molecular weight is 464 g/mol. The number of rotatable bonds is 19. The molecule has 0 aliphatic rings. The van der Waals surface area contributed by atoms with Gasteiger partial charge in [-0.2, -0.15) is 0 Å². The number of hydrogen-bond donors (Lipinski definition) is 2. The number of nitrogens with one attached hydrogen (secondary N) is 1. The molecule has 0 bridgehead atoms. The van der Waals surface area contributed by atoms with Crippen LogP contribution in [0.1, 0.15) is 89.5 Å². The summed E-state index contributed by atoms with van der Waals surface area (Å²) < 4.78 is 0. The Kier molecular flexibility index (Phi) is 14.7. The largest absolute Gasteiger partial charge is 0.480 e. The number of allylic oxidation sites excluding steroid dienone is 4. The minimum Gasteiger partial charge on any atom is -0.480 e. The highest BCUT2D eigenvalue weighted by Crippen LogP contribution is 2.20. The summed E-state index contributed by atoms with van der Waals surface area (Å²) in [4.78, 5) is 11.8. The van der Waals surface area contributed by atoms with Crippen molar-refractivity contribution in [2.75, 3.05) is 6.54 Å². The first kappa shape index (κ1) is 27.9. The molecule has 0 fully saturated rings. The molecule has 186 valence electrons. The summed E-state index contributed by atoms with van der Waals surface area (Å²) in [6, 6.07) is 13.8. The summed E-state index contributed by atoms with van der Waals surface area (Å²) in [5.74, 6) is -0.770. The van der Waals surface area contributed by atoms with Gasteiger partial charge in [0, 0.05) is 0 Å². The molecular formula is C31H45NO2.